The minimum atomic E-state index is -0.0935. The summed E-state index contributed by atoms with van der Waals surface area (Å²) in [7, 11) is 0. The first-order chi connectivity index (χ1) is 8.27. The van der Waals surface area contributed by atoms with E-state index in [1.807, 2.05) is 19.3 Å². The van der Waals surface area contributed by atoms with Gasteiger partial charge >= 0.3 is 0 Å². The molecule has 1 fully saturated rings. The van der Waals surface area contributed by atoms with Gasteiger partial charge in [0.15, 0.2) is 0 Å². The summed E-state index contributed by atoms with van der Waals surface area (Å²) in [6, 6.07) is -0.0935. The second kappa shape index (κ2) is 5.65. The van der Waals surface area contributed by atoms with E-state index in [9.17, 15) is 0 Å². The van der Waals surface area contributed by atoms with Crippen LogP contribution in [0.5, 0.6) is 0 Å². The predicted molar refractivity (Wildman–Crippen MR) is 67.6 cm³/mol. The van der Waals surface area contributed by atoms with Crippen LogP contribution in [0.15, 0.2) is 12.4 Å². The molecule has 17 heavy (non-hydrogen) atoms. The first-order valence-electron chi connectivity index (χ1n) is 6.66. The second-order valence-corrected chi connectivity index (χ2v) is 4.76. The van der Waals surface area contributed by atoms with Crippen LogP contribution in [-0.4, -0.2) is 22.3 Å². The smallest absolute Gasteiger partial charge is 0.128 e. The Morgan fingerprint density at radius 1 is 1.53 bits per heavy atom. The third-order valence-corrected chi connectivity index (χ3v) is 3.31. The number of aryl methyl sites for hydroxylation is 1. The van der Waals surface area contributed by atoms with Crippen molar-refractivity contribution in [2.45, 2.75) is 51.8 Å². The average Bonchev–Trinajstić information content (AvgIpc) is 3.06. The molecule has 0 bridgehead atoms. The molecule has 1 aliphatic carbocycles. The second-order valence-electron chi connectivity index (χ2n) is 4.76. The van der Waals surface area contributed by atoms with Gasteiger partial charge in [-0.1, -0.05) is 6.92 Å². The highest BCUT2D eigenvalue weighted by atomic mass is 16.5. The molecule has 1 aromatic heterocycles. The molecule has 1 saturated carbocycles. The summed E-state index contributed by atoms with van der Waals surface area (Å²) < 4.78 is 7.96. The number of imidazole rings is 1. The van der Waals surface area contributed by atoms with E-state index in [0.29, 0.717) is 5.92 Å². The summed E-state index contributed by atoms with van der Waals surface area (Å²) in [6.07, 6.45) is 7.56. The molecule has 0 spiro atoms. The lowest BCUT2D eigenvalue weighted by molar-refractivity contribution is 0.0256. The number of aromatic nitrogens is 2. The van der Waals surface area contributed by atoms with Crippen molar-refractivity contribution in [2.75, 3.05) is 6.61 Å². The molecule has 2 N–H and O–H groups in total. The van der Waals surface area contributed by atoms with E-state index in [0.717, 1.165) is 25.4 Å². The van der Waals surface area contributed by atoms with Gasteiger partial charge in [-0.05, 0) is 32.1 Å². The summed E-state index contributed by atoms with van der Waals surface area (Å²) in [5.41, 5.74) is 6.33. The fourth-order valence-corrected chi connectivity index (χ4v) is 2.35. The lowest BCUT2D eigenvalue weighted by Crippen LogP contribution is -2.33. The minimum absolute atomic E-state index is 0.0935. The predicted octanol–water partition coefficient (Wildman–Crippen LogP) is 2.11. The van der Waals surface area contributed by atoms with Crippen LogP contribution in [-0.2, 0) is 11.3 Å². The molecule has 2 atom stereocenters. The SMILES string of the molecule is CCCn1ccnc1C(N)C(OCC)C1CC1. The molecule has 1 aromatic rings. The third-order valence-electron chi connectivity index (χ3n) is 3.31. The van der Waals surface area contributed by atoms with Crippen LogP contribution in [0.3, 0.4) is 0 Å². The van der Waals surface area contributed by atoms with Gasteiger partial charge in [0, 0.05) is 25.5 Å². The van der Waals surface area contributed by atoms with Gasteiger partial charge < -0.3 is 15.0 Å². The maximum absolute atomic E-state index is 6.33. The molecule has 2 unspecified atom stereocenters. The number of nitrogens with two attached hydrogens (primary N) is 1. The zero-order chi connectivity index (χ0) is 12.3. The molecular formula is C13H23N3O. The lowest BCUT2D eigenvalue weighted by Gasteiger charge is -2.24. The summed E-state index contributed by atoms with van der Waals surface area (Å²) in [4.78, 5) is 4.41. The first-order valence-corrected chi connectivity index (χ1v) is 6.66. The fourth-order valence-electron chi connectivity index (χ4n) is 2.35. The Balaban J connectivity index is 2.10. The Morgan fingerprint density at radius 2 is 2.29 bits per heavy atom. The minimum Gasteiger partial charge on any atom is -0.376 e. The summed E-state index contributed by atoms with van der Waals surface area (Å²) >= 11 is 0. The molecule has 0 aromatic carbocycles. The zero-order valence-electron chi connectivity index (χ0n) is 10.8. The van der Waals surface area contributed by atoms with E-state index in [-0.39, 0.29) is 12.1 Å². The van der Waals surface area contributed by atoms with Crippen LogP contribution in [0.4, 0.5) is 0 Å². The highest BCUT2D eigenvalue weighted by Crippen LogP contribution is 2.38. The number of hydrogen-bond acceptors (Lipinski definition) is 3. The van der Waals surface area contributed by atoms with Gasteiger partial charge in [0.2, 0.25) is 0 Å². The summed E-state index contributed by atoms with van der Waals surface area (Å²) in [5.74, 6) is 1.61. The van der Waals surface area contributed by atoms with Crippen molar-refractivity contribution in [3.8, 4) is 0 Å². The van der Waals surface area contributed by atoms with Crippen LogP contribution in [0, 0.1) is 5.92 Å². The van der Waals surface area contributed by atoms with Gasteiger partial charge in [-0.15, -0.1) is 0 Å². The molecule has 0 aliphatic heterocycles. The number of ether oxygens (including phenoxy) is 1. The Labute approximate surface area is 103 Å². The molecule has 0 amide bonds. The number of hydrogen-bond donors (Lipinski definition) is 1. The van der Waals surface area contributed by atoms with Crippen LogP contribution in [0.2, 0.25) is 0 Å². The Hall–Kier alpha value is -0.870. The van der Waals surface area contributed by atoms with Gasteiger partial charge in [-0.25, -0.2) is 4.98 Å². The summed E-state index contributed by atoms with van der Waals surface area (Å²) in [5, 5.41) is 0. The van der Waals surface area contributed by atoms with Gasteiger partial charge in [-0.2, -0.15) is 0 Å². The first kappa shape index (κ1) is 12.6. The van der Waals surface area contributed by atoms with Crippen LogP contribution >= 0.6 is 0 Å². The molecule has 1 heterocycles. The molecule has 4 heteroatoms. The molecule has 1 aliphatic rings. The fraction of sp³-hybridized carbons (Fsp3) is 0.769. The Bertz CT molecular complexity index is 346. The van der Waals surface area contributed by atoms with Crippen molar-refractivity contribution in [1.29, 1.82) is 0 Å². The van der Waals surface area contributed by atoms with Gasteiger partial charge in [0.05, 0.1) is 12.1 Å². The van der Waals surface area contributed by atoms with Crippen LogP contribution < -0.4 is 5.73 Å². The molecule has 4 nitrogen and oxygen atoms in total. The molecule has 2 rings (SSSR count). The number of nitrogens with zero attached hydrogens (tertiary/aromatic N) is 2. The third kappa shape index (κ3) is 2.87. The quantitative estimate of drug-likeness (QED) is 0.790. The van der Waals surface area contributed by atoms with E-state index < -0.39 is 0 Å². The van der Waals surface area contributed by atoms with Crippen molar-refractivity contribution in [2.24, 2.45) is 11.7 Å². The maximum atomic E-state index is 6.33. The van der Waals surface area contributed by atoms with Crippen LogP contribution in [0.1, 0.15) is 45.0 Å². The highest BCUT2D eigenvalue weighted by Gasteiger charge is 2.37. The highest BCUT2D eigenvalue weighted by molar-refractivity contribution is 5.04. The molecule has 96 valence electrons. The lowest BCUT2D eigenvalue weighted by atomic mass is 10.1. The van der Waals surface area contributed by atoms with E-state index in [1.54, 1.807) is 0 Å². The molecular weight excluding hydrogens is 214 g/mol. The van der Waals surface area contributed by atoms with E-state index in [2.05, 4.69) is 16.5 Å². The standard InChI is InChI=1S/C13H23N3O/c1-3-8-16-9-7-15-13(16)11(14)12(17-4-2)10-5-6-10/h7,9-12H,3-6,8,14H2,1-2H3. The maximum Gasteiger partial charge on any atom is 0.128 e. The topological polar surface area (TPSA) is 53.1 Å². The van der Waals surface area contributed by atoms with Gasteiger partial charge in [0.25, 0.3) is 0 Å². The van der Waals surface area contributed by atoms with E-state index in [1.165, 1.54) is 12.8 Å². The van der Waals surface area contributed by atoms with E-state index >= 15 is 0 Å². The monoisotopic (exact) mass is 237 g/mol. The largest absolute Gasteiger partial charge is 0.376 e. The molecule has 0 saturated heterocycles. The van der Waals surface area contributed by atoms with E-state index in [4.69, 9.17) is 10.5 Å². The van der Waals surface area contributed by atoms with Crippen molar-refractivity contribution in [3.63, 3.8) is 0 Å². The van der Waals surface area contributed by atoms with Crippen LogP contribution in [0.25, 0.3) is 0 Å². The van der Waals surface area contributed by atoms with Gasteiger partial charge in [-0.3, -0.25) is 0 Å². The van der Waals surface area contributed by atoms with Crippen molar-refractivity contribution >= 4 is 0 Å². The normalized spacial score (nSPS) is 19.2. The number of rotatable bonds is 7. The van der Waals surface area contributed by atoms with Crippen molar-refractivity contribution in [1.82, 2.24) is 9.55 Å². The van der Waals surface area contributed by atoms with Gasteiger partial charge in [0.1, 0.15) is 5.82 Å². The summed E-state index contributed by atoms with van der Waals surface area (Å²) in [6.45, 7) is 5.90. The Kier molecular flexibility index (Phi) is 4.18. The Morgan fingerprint density at radius 3 is 2.88 bits per heavy atom. The zero-order valence-corrected chi connectivity index (χ0v) is 10.8. The average molecular weight is 237 g/mol. The van der Waals surface area contributed by atoms with Crippen molar-refractivity contribution in [3.05, 3.63) is 18.2 Å². The molecule has 0 radical (unpaired) electrons. The van der Waals surface area contributed by atoms with Crippen molar-refractivity contribution < 1.29 is 4.74 Å².